The van der Waals surface area contributed by atoms with Crippen LogP contribution in [0.4, 0.5) is 5.82 Å². The Morgan fingerprint density at radius 1 is 1.19 bits per heavy atom. The Morgan fingerprint density at radius 2 is 1.92 bits per heavy atom. The first kappa shape index (κ1) is 18.9. The summed E-state index contributed by atoms with van der Waals surface area (Å²) >= 11 is 0. The molecule has 1 aliphatic rings. The fourth-order valence-electron chi connectivity index (χ4n) is 3.22. The molecule has 26 heavy (non-hydrogen) atoms. The summed E-state index contributed by atoms with van der Waals surface area (Å²) in [7, 11) is -3.49. The maximum atomic E-state index is 13.1. The van der Waals surface area contributed by atoms with Gasteiger partial charge in [0.25, 0.3) is 0 Å². The first-order chi connectivity index (χ1) is 12.4. The molecule has 1 N–H and O–H groups in total. The molecule has 1 aromatic carbocycles. The van der Waals surface area contributed by atoms with Crippen molar-refractivity contribution < 1.29 is 8.42 Å². The molecule has 2 aromatic rings. The number of nitrogens with one attached hydrogen (secondary N) is 1. The van der Waals surface area contributed by atoms with Crippen molar-refractivity contribution in [1.29, 1.82) is 0 Å². The smallest absolute Gasteiger partial charge is 0.243 e. The Morgan fingerprint density at radius 3 is 2.54 bits per heavy atom. The Labute approximate surface area is 156 Å². The number of aryl methyl sites for hydroxylation is 1. The summed E-state index contributed by atoms with van der Waals surface area (Å²) < 4.78 is 27.8. The number of pyridine rings is 1. The van der Waals surface area contributed by atoms with Crippen LogP contribution in [0.15, 0.2) is 47.5 Å². The van der Waals surface area contributed by atoms with Crippen molar-refractivity contribution in [2.45, 2.75) is 44.6 Å². The van der Waals surface area contributed by atoms with Gasteiger partial charge in [0.15, 0.2) is 0 Å². The van der Waals surface area contributed by atoms with Gasteiger partial charge < -0.3 is 5.32 Å². The highest BCUT2D eigenvalue weighted by Crippen LogP contribution is 2.36. The van der Waals surface area contributed by atoms with Crippen molar-refractivity contribution in [3.8, 4) is 0 Å². The average molecular weight is 374 g/mol. The number of benzene rings is 1. The second-order valence-corrected chi connectivity index (χ2v) is 9.23. The summed E-state index contributed by atoms with van der Waals surface area (Å²) in [5, 5.41) is 3.29. The molecule has 0 unspecified atom stereocenters. The monoisotopic (exact) mass is 373 g/mol. The van der Waals surface area contributed by atoms with Gasteiger partial charge in [-0.1, -0.05) is 37.6 Å². The third-order valence-electron chi connectivity index (χ3n) is 4.69. The summed E-state index contributed by atoms with van der Waals surface area (Å²) in [5.74, 6) is 1.37. The van der Waals surface area contributed by atoms with Gasteiger partial charge in [-0.25, -0.2) is 13.4 Å². The molecular formula is C20H27N3O2S. The van der Waals surface area contributed by atoms with Gasteiger partial charge >= 0.3 is 0 Å². The number of hydrogen-bond acceptors (Lipinski definition) is 4. The average Bonchev–Trinajstić information content (AvgIpc) is 3.11. The fourth-order valence-corrected chi connectivity index (χ4v) is 4.90. The van der Waals surface area contributed by atoms with Gasteiger partial charge in [-0.2, -0.15) is 4.31 Å². The molecule has 0 spiro atoms. The van der Waals surface area contributed by atoms with E-state index in [1.54, 1.807) is 22.6 Å². The van der Waals surface area contributed by atoms with Crippen LogP contribution in [0.5, 0.6) is 0 Å². The Kier molecular flexibility index (Phi) is 5.63. The second-order valence-electron chi connectivity index (χ2n) is 7.34. The van der Waals surface area contributed by atoms with Crippen LogP contribution < -0.4 is 5.32 Å². The summed E-state index contributed by atoms with van der Waals surface area (Å²) in [6.45, 7) is 7.66. The molecule has 0 saturated carbocycles. The van der Waals surface area contributed by atoms with Crippen LogP contribution in [0.3, 0.4) is 0 Å². The molecule has 3 rings (SSSR count). The molecule has 0 bridgehead atoms. The third-order valence-corrected chi connectivity index (χ3v) is 6.62. The number of rotatable bonds is 6. The van der Waals surface area contributed by atoms with Crippen LogP contribution in [0.1, 0.15) is 43.9 Å². The van der Waals surface area contributed by atoms with Gasteiger partial charge in [-0.05, 0) is 49.4 Å². The summed E-state index contributed by atoms with van der Waals surface area (Å²) in [5.41, 5.74) is 2.00. The van der Waals surface area contributed by atoms with E-state index in [9.17, 15) is 8.42 Å². The molecule has 0 amide bonds. The number of anilines is 1. The third kappa shape index (κ3) is 4.07. The lowest BCUT2D eigenvalue weighted by molar-refractivity contribution is 0.396. The minimum atomic E-state index is -3.49. The second kappa shape index (κ2) is 7.76. The zero-order valence-corrected chi connectivity index (χ0v) is 16.5. The first-order valence-electron chi connectivity index (χ1n) is 9.16. The number of aromatic nitrogens is 1. The molecule has 1 saturated heterocycles. The van der Waals surface area contributed by atoms with E-state index in [0.717, 1.165) is 36.3 Å². The van der Waals surface area contributed by atoms with E-state index in [4.69, 9.17) is 0 Å². The summed E-state index contributed by atoms with van der Waals surface area (Å²) in [6.07, 6.45) is 3.49. The van der Waals surface area contributed by atoms with Gasteiger partial charge in [0.05, 0.1) is 10.9 Å². The minimum absolute atomic E-state index is 0.145. The lowest BCUT2D eigenvalue weighted by atomic mass is 10.1. The van der Waals surface area contributed by atoms with Crippen LogP contribution in [0.25, 0.3) is 0 Å². The van der Waals surface area contributed by atoms with E-state index in [1.807, 2.05) is 31.2 Å². The van der Waals surface area contributed by atoms with E-state index in [1.165, 1.54) is 0 Å². The molecule has 140 valence electrons. The Balaban J connectivity index is 1.80. The van der Waals surface area contributed by atoms with Crippen LogP contribution in [0.2, 0.25) is 0 Å². The number of hydrogen-bond donors (Lipinski definition) is 1. The molecule has 1 fully saturated rings. The van der Waals surface area contributed by atoms with Gasteiger partial charge in [-0.3, -0.25) is 0 Å². The molecule has 6 heteroatoms. The van der Waals surface area contributed by atoms with Crippen molar-refractivity contribution >= 4 is 15.8 Å². The Bertz CT molecular complexity index is 830. The van der Waals surface area contributed by atoms with E-state index in [-0.39, 0.29) is 6.04 Å². The molecule has 1 aromatic heterocycles. The highest BCUT2D eigenvalue weighted by Gasteiger charge is 2.36. The molecule has 2 heterocycles. The summed E-state index contributed by atoms with van der Waals surface area (Å²) in [6, 6.07) is 10.8. The van der Waals surface area contributed by atoms with Gasteiger partial charge in [0, 0.05) is 19.3 Å². The Hall–Kier alpha value is -1.92. The zero-order chi connectivity index (χ0) is 18.7. The maximum absolute atomic E-state index is 13.1. The molecule has 5 nitrogen and oxygen atoms in total. The topological polar surface area (TPSA) is 62.3 Å². The number of sulfonamides is 1. The predicted octanol–water partition coefficient (Wildman–Crippen LogP) is 3.98. The quantitative estimate of drug-likeness (QED) is 0.832. The van der Waals surface area contributed by atoms with E-state index in [2.05, 4.69) is 24.1 Å². The molecule has 0 aliphatic carbocycles. The van der Waals surface area contributed by atoms with E-state index < -0.39 is 10.0 Å². The van der Waals surface area contributed by atoms with Gasteiger partial charge in [-0.15, -0.1) is 0 Å². The van der Waals surface area contributed by atoms with Crippen LogP contribution in [0, 0.1) is 12.8 Å². The number of nitrogens with zero attached hydrogens (tertiary/aromatic N) is 2. The normalized spacial score (nSPS) is 18.4. The highest BCUT2D eigenvalue weighted by atomic mass is 32.2. The van der Waals surface area contributed by atoms with Crippen molar-refractivity contribution in [2.24, 2.45) is 5.92 Å². The van der Waals surface area contributed by atoms with Crippen molar-refractivity contribution in [3.05, 3.63) is 53.7 Å². The zero-order valence-electron chi connectivity index (χ0n) is 15.6. The molecule has 1 atom stereocenters. The van der Waals surface area contributed by atoms with Crippen LogP contribution >= 0.6 is 0 Å². The fraction of sp³-hybridized carbons (Fsp3) is 0.450. The van der Waals surface area contributed by atoms with Gasteiger partial charge in [0.1, 0.15) is 5.82 Å². The van der Waals surface area contributed by atoms with E-state index >= 15 is 0 Å². The maximum Gasteiger partial charge on any atom is 0.243 e. The first-order valence-corrected chi connectivity index (χ1v) is 10.6. The lowest BCUT2D eigenvalue weighted by Gasteiger charge is -2.24. The SMILES string of the molecule is Cc1ccc(S(=O)(=O)N2CCC[C@@H]2c2ccc(NCC(C)C)nc2)cc1. The molecule has 1 aliphatic heterocycles. The highest BCUT2D eigenvalue weighted by molar-refractivity contribution is 7.89. The minimum Gasteiger partial charge on any atom is -0.370 e. The van der Waals surface area contributed by atoms with Crippen molar-refractivity contribution in [2.75, 3.05) is 18.4 Å². The predicted molar refractivity (Wildman–Crippen MR) is 105 cm³/mol. The van der Waals surface area contributed by atoms with E-state index in [0.29, 0.717) is 17.4 Å². The largest absolute Gasteiger partial charge is 0.370 e. The van der Waals surface area contributed by atoms with Crippen molar-refractivity contribution in [3.63, 3.8) is 0 Å². The molecular weight excluding hydrogens is 346 g/mol. The standard InChI is InChI=1S/C20H27N3O2S/c1-15(2)13-21-20-11-8-17(14-22-20)19-5-4-12-23(19)26(24,25)18-9-6-16(3)7-10-18/h6-11,14-15,19H,4-5,12-13H2,1-3H3,(H,21,22)/t19-/m1/s1. The lowest BCUT2D eigenvalue weighted by Crippen LogP contribution is -2.30. The summed E-state index contributed by atoms with van der Waals surface area (Å²) in [4.78, 5) is 4.82. The van der Waals surface area contributed by atoms with Crippen LogP contribution in [-0.2, 0) is 10.0 Å². The molecule has 0 radical (unpaired) electrons. The van der Waals surface area contributed by atoms with Gasteiger partial charge in [0.2, 0.25) is 10.0 Å². The van der Waals surface area contributed by atoms with Crippen molar-refractivity contribution in [1.82, 2.24) is 9.29 Å². The van der Waals surface area contributed by atoms with Crippen LogP contribution in [-0.4, -0.2) is 30.8 Å².